The highest BCUT2D eigenvalue weighted by atomic mass is 19.1. The van der Waals surface area contributed by atoms with Crippen molar-refractivity contribution in [1.82, 2.24) is 14.6 Å². The average molecular weight is 525 g/mol. The zero-order chi connectivity index (χ0) is 27.5. The van der Waals surface area contributed by atoms with Gasteiger partial charge in [0.15, 0.2) is 5.76 Å². The van der Waals surface area contributed by atoms with Crippen molar-refractivity contribution in [3.8, 4) is 17.1 Å². The second-order valence-corrected chi connectivity index (χ2v) is 9.31. The Hall–Kier alpha value is -4.85. The number of halogens is 1. The highest BCUT2D eigenvalue weighted by Gasteiger charge is 2.14. The van der Waals surface area contributed by atoms with Gasteiger partial charge in [0.1, 0.15) is 23.9 Å². The van der Waals surface area contributed by atoms with E-state index >= 15 is 0 Å². The number of nitrogens with one attached hydrogen (secondary N) is 1. The first-order valence-electron chi connectivity index (χ1n) is 12.6. The standard InChI is InChI=1S/C31H29FN4O3/c1-20-9-10-21(2)35(20)25-11-13-26(14-12-25)38-19-27-15-16-30(39-27)31(37)34-33-18-24-17-22(3)36(23(24)4)29-8-6-5-7-28(29)32/h5-18H,19H2,1-4H3,(H,34,37)/b33-18+. The van der Waals surface area contributed by atoms with Gasteiger partial charge in [-0.15, -0.1) is 0 Å². The summed E-state index contributed by atoms with van der Waals surface area (Å²) in [4.78, 5) is 12.5. The predicted octanol–water partition coefficient (Wildman–Crippen LogP) is 6.58. The van der Waals surface area contributed by atoms with E-state index in [4.69, 9.17) is 9.15 Å². The maximum atomic E-state index is 14.3. The van der Waals surface area contributed by atoms with Gasteiger partial charge in [-0.3, -0.25) is 4.79 Å². The number of hydrazone groups is 1. The fourth-order valence-corrected chi connectivity index (χ4v) is 4.64. The molecular formula is C31H29FN4O3. The van der Waals surface area contributed by atoms with Crippen LogP contribution in [0.15, 0.2) is 88.4 Å². The molecule has 0 unspecified atom stereocenters. The quantitative estimate of drug-likeness (QED) is 0.184. The van der Waals surface area contributed by atoms with Crippen molar-refractivity contribution in [2.24, 2.45) is 5.10 Å². The van der Waals surface area contributed by atoms with Crippen LogP contribution in [0.5, 0.6) is 5.75 Å². The Morgan fingerprint density at radius 3 is 2.36 bits per heavy atom. The lowest BCUT2D eigenvalue weighted by atomic mass is 10.2. The van der Waals surface area contributed by atoms with E-state index in [2.05, 4.69) is 41.1 Å². The molecule has 5 rings (SSSR count). The topological polar surface area (TPSA) is 73.7 Å². The monoisotopic (exact) mass is 524 g/mol. The Balaban J connectivity index is 1.18. The van der Waals surface area contributed by atoms with Gasteiger partial charge in [-0.1, -0.05) is 12.1 Å². The molecule has 198 valence electrons. The van der Waals surface area contributed by atoms with Crippen LogP contribution in [-0.4, -0.2) is 21.3 Å². The number of carbonyl (C=O) groups excluding carboxylic acids is 1. The minimum atomic E-state index is -0.484. The lowest BCUT2D eigenvalue weighted by Gasteiger charge is -2.10. The molecule has 3 aromatic heterocycles. The minimum absolute atomic E-state index is 0.122. The van der Waals surface area contributed by atoms with Gasteiger partial charge >= 0.3 is 5.91 Å². The van der Waals surface area contributed by atoms with Crippen LogP contribution in [0.4, 0.5) is 4.39 Å². The Labute approximate surface area is 226 Å². The molecule has 0 aliphatic rings. The fraction of sp³-hybridized carbons (Fsp3) is 0.161. The Morgan fingerprint density at radius 1 is 0.923 bits per heavy atom. The van der Waals surface area contributed by atoms with Crippen molar-refractivity contribution in [3.05, 3.63) is 125 Å². The summed E-state index contributed by atoms with van der Waals surface area (Å²) in [6.45, 7) is 8.08. The molecule has 2 aromatic carbocycles. The molecule has 0 atom stereocenters. The van der Waals surface area contributed by atoms with Gasteiger partial charge < -0.3 is 18.3 Å². The summed E-state index contributed by atoms with van der Waals surface area (Å²) in [6.07, 6.45) is 1.53. The second kappa shape index (κ2) is 10.9. The van der Waals surface area contributed by atoms with Crippen molar-refractivity contribution in [1.29, 1.82) is 0 Å². The first kappa shape index (κ1) is 25.8. The Bertz CT molecular complexity index is 1640. The smallest absolute Gasteiger partial charge is 0.307 e. The number of ether oxygens (including phenoxy) is 1. The number of hydrogen-bond acceptors (Lipinski definition) is 4. The molecule has 1 N–H and O–H groups in total. The van der Waals surface area contributed by atoms with Crippen molar-refractivity contribution in [2.45, 2.75) is 34.3 Å². The third-order valence-electron chi connectivity index (χ3n) is 6.57. The molecule has 0 aliphatic carbocycles. The number of nitrogens with zero attached hydrogens (tertiary/aromatic N) is 3. The number of para-hydroxylation sites is 1. The van der Waals surface area contributed by atoms with Crippen molar-refractivity contribution < 1.29 is 18.3 Å². The molecule has 39 heavy (non-hydrogen) atoms. The molecule has 0 bridgehead atoms. The van der Waals surface area contributed by atoms with Gasteiger partial charge in [0.2, 0.25) is 0 Å². The Morgan fingerprint density at radius 2 is 1.64 bits per heavy atom. The third kappa shape index (κ3) is 5.40. The largest absolute Gasteiger partial charge is 0.486 e. The van der Waals surface area contributed by atoms with Crippen LogP contribution in [0.1, 0.15) is 44.7 Å². The maximum Gasteiger partial charge on any atom is 0.307 e. The third-order valence-corrected chi connectivity index (χ3v) is 6.57. The zero-order valence-corrected chi connectivity index (χ0v) is 22.2. The number of aromatic nitrogens is 2. The molecule has 7 nitrogen and oxygen atoms in total. The summed E-state index contributed by atoms with van der Waals surface area (Å²) in [5, 5.41) is 4.07. The van der Waals surface area contributed by atoms with Crippen molar-refractivity contribution in [3.63, 3.8) is 0 Å². The van der Waals surface area contributed by atoms with Crippen LogP contribution in [0.25, 0.3) is 11.4 Å². The van der Waals surface area contributed by atoms with Crippen LogP contribution < -0.4 is 10.2 Å². The van der Waals surface area contributed by atoms with E-state index < -0.39 is 5.91 Å². The van der Waals surface area contributed by atoms with Gasteiger partial charge in [0.25, 0.3) is 0 Å². The van der Waals surface area contributed by atoms with E-state index in [9.17, 15) is 9.18 Å². The summed E-state index contributed by atoms with van der Waals surface area (Å²) in [5.74, 6) is 0.534. The van der Waals surface area contributed by atoms with Gasteiger partial charge in [0.05, 0.1) is 11.9 Å². The van der Waals surface area contributed by atoms with Crippen molar-refractivity contribution in [2.75, 3.05) is 0 Å². The summed E-state index contributed by atoms with van der Waals surface area (Å²) in [6, 6.07) is 23.7. The first-order valence-corrected chi connectivity index (χ1v) is 12.6. The summed E-state index contributed by atoms with van der Waals surface area (Å²) >= 11 is 0. The van der Waals surface area contributed by atoms with Gasteiger partial charge in [-0.05, 0) is 94.4 Å². The first-order chi connectivity index (χ1) is 18.8. The second-order valence-electron chi connectivity index (χ2n) is 9.31. The summed E-state index contributed by atoms with van der Waals surface area (Å²) in [5.41, 5.74) is 8.76. The van der Waals surface area contributed by atoms with Crippen molar-refractivity contribution >= 4 is 12.1 Å². The SMILES string of the molecule is Cc1ccc(C)n1-c1ccc(OCc2ccc(C(=O)N/N=C/c3cc(C)n(-c4ccccc4F)c3C)o2)cc1. The Kier molecular flexibility index (Phi) is 7.19. The minimum Gasteiger partial charge on any atom is -0.486 e. The molecule has 1 amide bonds. The molecule has 0 saturated carbocycles. The van der Waals surface area contributed by atoms with Crippen LogP contribution in [-0.2, 0) is 6.61 Å². The molecule has 0 saturated heterocycles. The van der Waals surface area contributed by atoms with E-state index in [0.29, 0.717) is 17.2 Å². The number of hydrogen-bond donors (Lipinski definition) is 1. The van der Waals surface area contributed by atoms with E-state index in [-0.39, 0.29) is 18.2 Å². The van der Waals surface area contributed by atoms with Crippen LogP contribution >= 0.6 is 0 Å². The molecule has 0 spiro atoms. The van der Waals surface area contributed by atoms with E-state index in [1.54, 1.807) is 30.3 Å². The van der Waals surface area contributed by atoms with E-state index in [1.807, 2.05) is 48.7 Å². The van der Waals surface area contributed by atoms with Crippen LogP contribution in [0, 0.1) is 33.5 Å². The summed E-state index contributed by atoms with van der Waals surface area (Å²) < 4.78 is 29.8. The molecule has 0 aliphatic heterocycles. The van der Waals surface area contributed by atoms with Gasteiger partial charge in [0, 0.05) is 34.0 Å². The molecule has 0 radical (unpaired) electrons. The molecule has 0 fully saturated rings. The summed E-state index contributed by atoms with van der Waals surface area (Å²) in [7, 11) is 0. The molecule has 5 aromatic rings. The molecular weight excluding hydrogens is 495 g/mol. The van der Waals surface area contributed by atoms with Crippen LogP contribution in [0.2, 0.25) is 0 Å². The highest BCUT2D eigenvalue weighted by Crippen LogP contribution is 2.23. The fourth-order valence-electron chi connectivity index (χ4n) is 4.64. The number of amides is 1. The van der Waals surface area contributed by atoms with E-state index in [0.717, 1.165) is 34.0 Å². The van der Waals surface area contributed by atoms with Gasteiger partial charge in [-0.25, -0.2) is 9.82 Å². The number of aryl methyl sites for hydroxylation is 3. The average Bonchev–Trinajstić information content (AvgIpc) is 3.61. The number of furan rings is 1. The lowest BCUT2D eigenvalue weighted by molar-refractivity contribution is 0.0923. The maximum absolute atomic E-state index is 14.3. The molecule has 8 heteroatoms. The lowest BCUT2D eigenvalue weighted by Crippen LogP contribution is -2.16. The molecule has 3 heterocycles. The number of benzene rings is 2. The normalized spacial score (nSPS) is 11.3. The predicted molar refractivity (Wildman–Crippen MR) is 149 cm³/mol. The van der Waals surface area contributed by atoms with Gasteiger partial charge in [-0.2, -0.15) is 5.10 Å². The zero-order valence-electron chi connectivity index (χ0n) is 22.2. The van der Waals surface area contributed by atoms with E-state index in [1.165, 1.54) is 12.3 Å². The number of rotatable bonds is 8. The highest BCUT2D eigenvalue weighted by molar-refractivity contribution is 5.92. The van der Waals surface area contributed by atoms with Crippen LogP contribution in [0.3, 0.4) is 0 Å². The number of carbonyl (C=O) groups is 1.